The van der Waals surface area contributed by atoms with Gasteiger partial charge in [0.1, 0.15) is 4.83 Å². The van der Waals surface area contributed by atoms with Crippen molar-refractivity contribution in [3.63, 3.8) is 0 Å². The molecular weight excluding hydrogens is 348 g/mol. The number of hydrogen-bond acceptors (Lipinski definition) is 5. The largest absolute Gasteiger partial charge is 0.348 e. The van der Waals surface area contributed by atoms with Crippen molar-refractivity contribution in [2.24, 2.45) is 0 Å². The molecule has 0 aromatic carbocycles. The molecule has 1 N–H and O–H groups in total. The fourth-order valence-corrected chi connectivity index (χ4v) is 3.91. The van der Waals surface area contributed by atoms with Crippen molar-refractivity contribution >= 4 is 33.1 Å². The number of hydrogen-bond donors (Lipinski definition) is 1. The number of amides is 1. The number of thiophene rings is 1. The molecule has 6 nitrogen and oxygen atoms in total. The summed E-state index contributed by atoms with van der Waals surface area (Å²) in [5.74, 6) is -0.275. The van der Waals surface area contributed by atoms with Crippen LogP contribution < -0.4 is 10.9 Å². The Morgan fingerprint density at radius 3 is 2.88 bits per heavy atom. The quantitative estimate of drug-likeness (QED) is 0.606. The van der Waals surface area contributed by atoms with E-state index in [0.717, 1.165) is 16.0 Å². The Labute approximate surface area is 153 Å². The predicted molar refractivity (Wildman–Crippen MR) is 102 cm³/mol. The van der Waals surface area contributed by atoms with E-state index in [2.05, 4.69) is 15.3 Å². The summed E-state index contributed by atoms with van der Waals surface area (Å²) in [6.45, 7) is 4.25. The van der Waals surface area contributed by atoms with Crippen molar-refractivity contribution < 1.29 is 4.79 Å². The Hall–Kier alpha value is -3.06. The Morgan fingerprint density at radius 2 is 2.12 bits per heavy atom. The second-order valence-electron chi connectivity index (χ2n) is 6.04. The van der Waals surface area contributed by atoms with Gasteiger partial charge in [-0.2, -0.15) is 0 Å². The first-order valence-corrected chi connectivity index (χ1v) is 8.96. The molecule has 1 amide bonds. The van der Waals surface area contributed by atoms with Gasteiger partial charge in [-0.15, -0.1) is 11.3 Å². The minimum Gasteiger partial charge on any atom is -0.348 e. The average molecular weight is 364 g/mol. The van der Waals surface area contributed by atoms with Gasteiger partial charge in [-0.25, -0.2) is 4.98 Å². The van der Waals surface area contributed by atoms with Crippen LogP contribution in [0.2, 0.25) is 0 Å². The lowest BCUT2D eigenvalue weighted by Crippen LogP contribution is -2.25. The Morgan fingerprint density at radius 1 is 1.27 bits per heavy atom. The Bertz CT molecular complexity index is 1200. The third-order valence-corrected chi connectivity index (χ3v) is 5.50. The van der Waals surface area contributed by atoms with E-state index >= 15 is 0 Å². The molecule has 0 fully saturated rings. The maximum absolute atomic E-state index is 12.9. The molecule has 0 atom stereocenters. The van der Waals surface area contributed by atoms with Crippen molar-refractivity contribution in [1.82, 2.24) is 19.7 Å². The zero-order valence-electron chi connectivity index (χ0n) is 14.3. The van der Waals surface area contributed by atoms with E-state index in [0.29, 0.717) is 28.0 Å². The first-order valence-electron chi connectivity index (χ1n) is 8.14. The molecule has 130 valence electrons. The number of carbonyl (C=O) groups is 1. The third kappa shape index (κ3) is 2.66. The van der Waals surface area contributed by atoms with Gasteiger partial charge in [0.25, 0.3) is 11.5 Å². The number of fused-ring (bicyclic) bond motifs is 2. The minimum absolute atomic E-state index is 0.145. The molecule has 26 heavy (non-hydrogen) atoms. The smallest absolute Gasteiger partial charge is 0.266 e. The van der Waals surface area contributed by atoms with Crippen LogP contribution in [0.5, 0.6) is 0 Å². The van der Waals surface area contributed by atoms with E-state index in [-0.39, 0.29) is 11.5 Å². The number of carbonyl (C=O) groups excluding carboxylic acids is 1. The van der Waals surface area contributed by atoms with Gasteiger partial charge in [-0.05, 0) is 43.2 Å². The molecule has 0 aliphatic carbocycles. The lowest BCUT2D eigenvalue weighted by Gasteiger charge is -2.08. The highest BCUT2D eigenvalue weighted by atomic mass is 32.1. The normalized spacial score (nSPS) is 11.2. The van der Waals surface area contributed by atoms with Crippen LogP contribution in [0.4, 0.5) is 0 Å². The number of nitrogens with one attached hydrogen (secondary N) is 1. The molecule has 7 heteroatoms. The SMILES string of the molecule is Cc1sc2nc3c(C(=O)NCc4cccnc4)cccn3c(=O)c2c1C. The van der Waals surface area contributed by atoms with Crippen LogP contribution in [0, 0.1) is 13.8 Å². The molecular formula is C19H16N4O2S. The van der Waals surface area contributed by atoms with Crippen LogP contribution in [0.25, 0.3) is 15.9 Å². The molecule has 0 saturated heterocycles. The summed E-state index contributed by atoms with van der Waals surface area (Å²) >= 11 is 1.47. The van der Waals surface area contributed by atoms with E-state index in [1.165, 1.54) is 15.7 Å². The Kier molecular flexibility index (Phi) is 4.00. The lowest BCUT2D eigenvalue weighted by atomic mass is 10.2. The molecule has 0 radical (unpaired) electrons. The van der Waals surface area contributed by atoms with Crippen LogP contribution in [-0.4, -0.2) is 20.3 Å². The van der Waals surface area contributed by atoms with Gasteiger partial charge in [0, 0.05) is 30.0 Å². The zero-order chi connectivity index (χ0) is 18.3. The molecule has 4 aromatic rings. The summed E-state index contributed by atoms with van der Waals surface area (Å²) in [4.78, 5) is 35.9. The summed E-state index contributed by atoms with van der Waals surface area (Å²) in [5, 5.41) is 3.48. The van der Waals surface area contributed by atoms with Crippen molar-refractivity contribution in [3.05, 3.63) is 74.8 Å². The van der Waals surface area contributed by atoms with Crippen LogP contribution in [0.1, 0.15) is 26.4 Å². The Balaban J connectivity index is 1.79. The van der Waals surface area contributed by atoms with Gasteiger partial charge < -0.3 is 5.32 Å². The van der Waals surface area contributed by atoms with Gasteiger partial charge >= 0.3 is 0 Å². The van der Waals surface area contributed by atoms with Crippen molar-refractivity contribution in [2.45, 2.75) is 20.4 Å². The molecule has 0 aliphatic heterocycles. The first kappa shape index (κ1) is 16.4. The first-order chi connectivity index (χ1) is 12.6. The molecule has 4 aromatic heterocycles. The van der Waals surface area contributed by atoms with Gasteiger partial charge in [0.05, 0.1) is 10.9 Å². The highest BCUT2D eigenvalue weighted by molar-refractivity contribution is 7.18. The standard InChI is InChI=1S/C19H16N4O2S/c1-11-12(2)26-18-15(11)19(25)23-8-4-6-14(16(23)22-18)17(24)21-10-13-5-3-7-20-9-13/h3-9H,10H2,1-2H3,(H,21,24). The number of nitrogens with zero attached hydrogens (tertiary/aromatic N) is 3. The molecule has 4 rings (SSSR count). The number of rotatable bonds is 3. The second-order valence-corrected chi connectivity index (χ2v) is 7.24. The lowest BCUT2D eigenvalue weighted by molar-refractivity contribution is 0.0952. The van der Waals surface area contributed by atoms with Crippen LogP contribution in [-0.2, 0) is 6.54 Å². The molecule has 0 unspecified atom stereocenters. The van der Waals surface area contributed by atoms with Crippen LogP contribution in [0.3, 0.4) is 0 Å². The summed E-state index contributed by atoms with van der Waals surface area (Å²) in [7, 11) is 0. The molecule has 0 aliphatic rings. The van der Waals surface area contributed by atoms with Crippen molar-refractivity contribution in [1.29, 1.82) is 0 Å². The maximum Gasteiger partial charge on any atom is 0.266 e. The summed E-state index contributed by atoms with van der Waals surface area (Å²) in [6, 6.07) is 7.08. The van der Waals surface area contributed by atoms with E-state index in [1.807, 2.05) is 26.0 Å². The molecule has 0 saturated carbocycles. The van der Waals surface area contributed by atoms with Crippen molar-refractivity contribution in [2.75, 3.05) is 0 Å². The van der Waals surface area contributed by atoms with Crippen LogP contribution in [0.15, 0.2) is 47.7 Å². The van der Waals surface area contributed by atoms with E-state index in [4.69, 9.17) is 0 Å². The van der Waals surface area contributed by atoms with Gasteiger partial charge in [-0.1, -0.05) is 6.07 Å². The third-order valence-electron chi connectivity index (χ3n) is 4.39. The fraction of sp³-hybridized carbons (Fsp3) is 0.158. The van der Waals surface area contributed by atoms with Crippen molar-refractivity contribution in [3.8, 4) is 0 Å². The molecule has 0 bridgehead atoms. The van der Waals surface area contributed by atoms with E-state index in [1.54, 1.807) is 30.7 Å². The predicted octanol–water partition coefficient (Wildman–Crippen LogP) is 2.85. The fourth-order valence-electron chi connectivity index (χ4n) is 2.89. The summed E-state index contributed by atoms with van der Waals surface area (Å²) < 4.78 is 1.44. The van der Waals surface area contributed by atoms with Gasteiger partial charge in [0.15, 0.2) is 5.65 Å². The topological polar surface area (TPSA) is 76.4 Å². The number of aromatic nitrogens is 3. The monoisotopic (exact) mass is 364 g/mol. The zero-order valence-corrected chi connectivity index (χ0v) is 15.1. The average Bonchev–Trinajstić information content (AvgIpc) is 2.94. The van der Waals surface area contributed by atoms with Crippen LogP contribution >= 0.6 is 11.3 Å². The summed E-state index contributed by atoms with van der Waals surface area (Å²) in [5.41, 5.74) is 2.45. The van der Waals surface area contributed by atoms with Gasteiger partial charge in [0.2, 0.25) is 0 Å². The molecule has 4 heterocycles. The number of pyridine rings is 2. The highest BCUT2D eigenvalue weighted by Crippen LogP contribution is 2.26. The minimum atomic E-state index is -0.275. The number of aryl methyl sites for hydroxylation is 2. The van der Waals surface area contributed by atoms with Gasteiger partial charge in [-0.3, -0.25) is 19.0 Å². The molecule has 0 spiro atoms. The summed E-state index contributed by atoms with van der Waals surface area (Å²) in [6.07, 6.45) is 5.03. The van der Waals surface area contributed by atoms with E-state index < -0.39 is 0 Å². The van der Waals surface area contributed by atoms with E-state index in [9.17, 15) is 9.59 Å². The second kappa shape index (κ2) is 6.34. The maximum atomic E-state index is 12.9. The highest BCUT2D eigenvalue weighted by Gasteiger charge is 2.17.